The van der Waals surface area contributed by atoms with Gasteiger partial charge in [-0.05, 0) is 34.7 Å². The van der Waals surface area contributed by atoms with Crippen LogP contribution in [0.3, 0.4) is 0 Å². The van der Waals surface area contributed by atoms with E-state index in [-0.39, 0.29) is 24.4 Å². The van der Waals surface area contributed by atoms with Crippen molar-refractivity contribution in [1.29, 1.82) is 0 Å². The molecule has 0 aliphatic carbocycles. The van der Waals surface area contributed by atoms with Gasteiger partial charge in [0.2, 0.25) is 5.91 Å². The highest BCUT2D eigenvalue weighted by Crippen LogP contribution is 2.33. The van der Waals surface area contributed by atoms with Gasteiger partial charge in [0.05, 0.1) is 0 Å². The van der Waals surface area contributed by atoms with Crippen molar-refractivity contribution in [1.82, 2.24) is 10.2 Å². The van der Waals surface area contributed by atoms with Crippen LogP contribution in [0.5, 0.6) is 0 Å². The van der Waals surface area contributed by atoms with Gasteiger partial charge >= 0.3 is 0 Å². The summed E-state index contributed by atoms with van der Waals surface area (Å²) < 4.78 is 0. The minimum absolute atomic E-state index is 0. The Balaban J connectivity index is 0.00000240. The highest BCUT2D eigenvalue weighted by atomic mass is 35.5. The maximum atomic E-state index is 12.0. The van der Waals surface area contributed by atoms with Gasteiger partial charge in [0, 0.05) is 38.5 Å². The van der Waals surface area contributed by atoms with Gasteiger partial charge in [-0.2, -0.15) is 0 Å². The Hall–Kier alpha value is -2.36. The summed E-state index contributed by atoms with van der Waals surface area (Å²) >= 11 is 0. The Bertz CT molecular complexity index is 954. The van der Waals surface area contributed by atoms with Crippen LogP contribution in [0, 0.1) is 5.92 Å². The molecular formula is C25H29ClN2O. The maximum Gasteiger partial charge on any atom is 0.219 e. The lowest BCUT2D eigenvalue weighted by Gasteiger charge is -2.23. The van der Waals surface area contributed by atoms with Crippen molar-refractivity contribution in [3.63, 3.8) is 0 Å². The molecule has 4 rings (SSSR count). The molecule has 1 aliphatic heterocycles. The third kappa shape index (κ3) is 4.63. The predicted molar refractivity (Wildman–Crippen MR) is 123 cm³/mol. The van der Waals surface area contributed by atoms with E-state index in [0.717, 1.165) is 19.6 Å². The van der Waals surface area contributed by atoms with Gasteiger partial charge in [-0.25, -0.2) is 0 Å². The topological polar surface area (TPSA) is 32.3 Å². The fourth-order valence-corrected chi connectivity index (χ4v) is 4.48. The molecule has 1 amide bonds. The zero-order valence-electron chi connectivity index (χ0n) is 17.0. The number of carbonyl (C=O) groups is 1. The van der Waals surface area contributed by atoms with Gasteiger partial charge in [-0.15, -0.1) is 12.4 Å². The van der Waals surface area contributed by atoms with E-state index in [4.69, 9.17) is 0 Å². The maximum absolute atomic E-state index is 12.0. The number of nitrogens with one attached hydrogen (secondary N) is 1. The first kappa shape index (κ1) is 21.4. The molecule has 2 unspecified atom stereocenters. The van der Waals surface area contributed by atoms with Gasteiger partial charge < -0.3 is 10.2 Å². The van der Waals surface area contributed by atoms with Gasteiger partial charge in [0.1, 0.15) is 0 Å². The summed E-state index contributed by atoms with van der Waals surface area (Å²) in [6.07, 6.45) is 0. The van der Waals surface area contributed by atoms with Crippen LogP contribution in [0.4, 0.5) is 0 Å². The van der Waals surface area contributed by atoms with Crippen molar-refractivity contribution in [3.8, 4) is 0 Å². The van der Waals surface area contributed by atoms with Gasteiger partial charge in [-0.1, -0.05) is 72.8 Å². The van der Waals surface area contributed by atoms with E-state index in [1.807, 2.05) is 4.90 Å². The first-order valence-corrected chi connectivity index (χ1v) is 10.1. The molecule has 3 aromatic carbocycles. The summed E-state index contributed by atoms with van der Waals surface area (Å²) in [7, 11) is 0. The van der Waals surface area contributed by atoms with E-state index in [1.54, 1.807) is 6.92 Å². The summed E-state index contributed by atoms with van der Waals surface area (Å²) in [6.45, 7) is 6.44. The molecule has 0 radical (unpaired) electrons. The van der Waals surface area contributed by atoms with E-state index >= 15 is 0 Å². The van der Waals surface area contributed by atoms with Crippen LogP contribution < -0.4 is 5.32 Å². The standard InChI is InChI=1S/C25H28N2O.ClH/c1-18(23-14-8-12-20-11-6-7-13-24(20)23)26-15-22-16-27(19(2)28)17-25(22)21-9-4-3-5-10-21;/h3-14,18,22,25-26H,15-17H2,1-2H3;1H/t18-,22?,25?;/m1./s1. The van der Waals surface area contributed by atoms with Crippen molar-refractivity contribution in [2.24, 2.45) is 5.92 Å². The van der Waals surface area contributed by atoms with Gasteiger partial charge in [0.15, 0.2) is 0 Å². The Labute approximate surface area is 179 Å². The molecule has 29 heavy (non-hydrogen) atoms. The smallest absolute Gasteiger partial charge is 0.219 e. The highest BCUT2D eigenvalue weighted by molar-refractivity contribution is 5.86. The number of amides is 1. The molecule has 0 spiro atoms. The third-order valence-corrected chi connectivity index (χ3v) is 6.09. The lowest BCUT2D eigenvalue weighted by Crippen LogP contribution is -2.31. The number of halogens is 1. The largest absolute Gasteiger partial charge is 0.342 e. The second kappa shape index (κ2) is 9.43. The number of hydrogen-bond acceptors (Lipinski definition) is 2. The van der Waals surface area contributed by atoms with Crippen LogP contribution in [0.1, 0.15) is 36.9 Å². The quantitative estimate of drug-likeness (QED) is 0.631. The van der Waals surface area contributed by atoms with Crippen LogP contribution in [-0.4, -0.2) is 30.4 Å². The fourth-order valence-electron chi connectivity index (χ4n) is 4.48. The lowest BCUT2D eigenvalue weighted by atomic mass is 9.88. The zero-order chi connectivity index (χ0) is 19.5. The molecule has 0 aromatic heterocycles. The van der Waals surface area contributed by atoms with E-state index in [0.29, 0.717) is 11.8 Å². The molecule has 4 heteroatoms. The predicted octanol–water partition coefficient (Wildman–Crippen LogP) is 5.17. The first-order chi connectivity index (χ1) is 13.6. The SMILES string of the molecule is CC(=O)N1CC(CN[C@H](C)c2cccc3ccccc23)C(c2ccccc2)C1.Cl. The summed E-state index contributed by atoms with van der Waals surface area (Å²) in [5.74, 6) is 0.978. The van der Waals surface area contributed by atoms with Crippen LogP contribution in [0.2, 0.25) is 0 Å². The van der Waals surface area contributed by atoms with E-state index in [1.165, 1.54) is 21.9 Å². The average molecular weight is 409 g/mol. The van der Waals surface area contributed by atoms with Gasteiger partial charge in [-0.3, -0.25) is 4.79 Å². The molecule has 0 bridgehead atoms. The fraction of sp³-hybridized carbons (Fsp3) is 0.320. The van der Waals surface area contributed by atoms with Crippen LogP contribution in [0.15, 0.2) is 72.8 Å². The highest BCUT2D eigenvalue weighted by Gasteiger charge is 2.34. The minimum Gasteiger partial charge on any atom is -0.342 e. The van der Waals surface area contributed by atoms with Crippen LogP contribution in [-0.2, 0) is 4.79 Å². The Morgan fingerprint density at radius 3 is 2.45 bits per heavy atom. The monoisotopic (exact) mass is 408 g/mol. The minimum atomic E-state index is 0. The average Bonchev–Trinajstić information content (AvgIpc) is 3.17. The normalized spacial score (nSPS) is 19.7. The molecule has 1 heterocycles. The van der Waals surface area contributed by atoms with Crippen molar-refractivity contribution in [2.45, 2.75) is 25.8 Å². The van der Waals surface area contributed by atoms with Crippen LogP contribution >= 0.6 is 12.4 Å². The van der Waals surface area contributed by atoms with Crippen molar-refractivity contribution < 1.29 is 4.79 Å². The molecule has 0 saturated carbocycles. The molecule has 1 aliphatic rings. The van der Waals surface area contributed by atoms with Gasteiger partial charge in [0.25, 0.3) is 0 Å². The van der Waals surface area contributed by atoms with E-state index in [2.05, 4.69) is 85.0 Å². The molecular weight excluding hydrogens is 380 g/mol. The molecule has 1 saturated heterocycles. The number of rotatable bonds is 5. The molecule has 152 valence electrons. The summed E-state index contributed by atoms with van der Waals surface area (Å²) in [4.78, 5) is 14.0. The third-order valence-electron chi connectivity index (χ3n) is 6.09. The molecule has 1 N–H and O–H groups in total. The van der Waals surface area contributed by atoms with Crippen molar-refractivity contribution in [2.75, 3.05) is 19.6 Å². The van der Waals surface area contributed by atoms with E-state index in [9.17, 15) is 4.79 Å². The molecule has 3 nitrogen and oxygen atoms in total. The lowest BCUT2D eigenvalue weighted by molar-refractivity contribution is -0.127. The number of fused-ring (bicyclic) bond motifs is 1. The number of benzene rings is 3. The summed E-state index contributed by atoms with van der Waals surface area (Å²) in [5.41, 5.74) is 2.66. The van der Waals surface area contributed by atoms with Crippen molar-refractivity contribution in [3.05, 3.63) is 83.9 Å². The first-order valence-electron chi connectivity index (χ1n) is 10.1. The Morgan fingerprint density at radius 2 is 1.69 bits per heavy atom. The second-order valence-corrected chi connectivity index (χ2v) is 7.90. The van der Waals surface area contributed by atoms with Crippen LogP contribution in [0.25, 0.3) is 10.8 Å². The summed E-state index contributed by atoms with van der Waals surface area (Å²) in [6, 6.07) is 25.9. The molecule has 3 atom stereocenters. The Morgan fingerprint density at radius 1 is 1.00 bits per heavy atom. The number of hydrogen-bond donors (Lipinski definition) is 1. The molecule has 3 aromatic rings. The number of carbonyl (C=O) groups excluding carboxylic acids is 1. The van der Waals surface area contributed by atoms with Crippen molar-refractivity contribution >= 4 is 29.1 Å². The number of nitrogens with zero attached hydrogens (tertiary/aromatic N) is 1. The Kier molecular flexibility index (Phi) is 6.94. The molecule has 1 fully saturated rings. The van der Waals surface area contributed by atoms with E-state index < -0.39 is 0 Å². The zero-order valence-corrected chi connectivity index (χ0v) is 17.9. The second-order valence-electron chi connectivity index (χ2n) is 7.90. The summed E-state index contributed by atoms with van der Waals surface area (Å²) in [5, 5.41) is 6.34. The number of likely N-dealkylation sites (tertiary alicyclic amines) is 1.